The van der Waals surface area contributed by atoms with Gasteiger partial charge in [0.25, 0.3) is 5.91 Å². The van der Waals surface area contributed by atoms with E-state index in [2.05, 4.69) is 5.32 Å². The number of hydrogen-bond donors (Lipinski definition) is 1. The monoisotopic (exact) mass is 319 g/mol. The zero-order valence-corrected chi connectivity index (χ0v) is 13.7. The number of hydrogen-bond acceptors (Lipinski definition) is 4. The summed E-state index contributed by atoms with van der Waals surface area (Å²) in [5.41, 5.74) is 0. The van der Waals surface area contributed by atoms with Crippen LogP contribution in [0.5, 0.6) is 0 Å². The van der Waals surface area contributed by atoms with Gasteiger partial charge in [-0.15, -0.1) is 0 Å². The van der Waals surface area contributed by atoms with Crippen LogP contribution in [0.3, 0.4) is 0 Å². The summed E-state index contributed by atoms with van der Waals surface area (Å²) in [6.07, 6.45) is 6.12. The SMILES string of the molecule is CNC1CCN(C(=O)C2CCCCN2C(=O)c2ccco2)CC1. The number of furan rings is 1. The van der Waals surface area contributed by atoms with Crippen LogP contribution in [-0.4, -0.2) is 60.4 Å². The van der Waals surface area contributed by atoms with Crippen molar-refractivity contribution in [3.8, 4) is 0 Å². The zero-order chi connectivity index (χ0) is 16.2. The molecule has 2 amide bonds. The molecule has 1 atom stereocenters. The van der Waals surface area contributed by atoms with Crippen LogP contribution in [0.25, 0.3) is 0 Å². The summed E-state index contributed by atoms with van der Waals surface area (Å²) in [4.78, 5) is 29.1. The van der Waals surface area contributed by atoms with Crippen LogP contribution < -0.4 is 5.32 Å². The molecule has 6 heteroatoms. The van der Waals surface area contributed by atoms with Crippen LogP contribution >= 0.6 is 0 Å². The summed E-state index contributed by atoms with van der Waals surface area (Å²) in [5, 5.41) is 3.27. The Labute approximate surface area is 136 Å². The average molecular weight is 319 g/mol. The van der Waals surface area contributed by atoms with Crippen molar-refractivity contribution in [2.45, 2.75) is 44.2 Å². The molecule has 1 N–H and O–H groups in total. The van der Waals surface area contributed by atoms with E-state index in [1.807, 2.05) is 11.9 Å². The molecule has 0 radical (unpaired) electrons. The maximum Gasteiger partial charge on any atom is 0.290 e. The van der Waals surface area contributed by atoms with E-state index in [-0.39, 0.29) is 17.9 Å². The van der Waals surface area contributed by atoms with Crippen LogP contribution in [0.2, 0.25) is 0 Å². The number of nitrogens with zero attached hydrogens (tertiary/aromatic N) is 2. The number of amides is 2. The highest BCUT2D eigenvalue weighted by Crippen LogP contribution is 2.23. The summed E-state index contributed by atoms with van der Waals surface area (Å²) in [5.74, 6) is 0.246. The standard InChI is InChI=1S/C17H25N3O3/c1-18-13-7-10-19(11-8-13)16(21)14-5-2-3-9-20(14)17(22)15-6-4-12-23-15/h4,6,12-14,18H,2-3,5,7-11H2,1H3. The summed E-state index contributed by atoms with van der Waals surface area (Å²) in [6, 6.07) is 3.52. The van der Waals surface area contributed by atoms with Gasteiger partial charge in [-0.3, -0.25) is 9.59 Å². The van der Waals surface area contributed by atoms with Crippen LogP contribution in [0, 0.1) is 0 Å². The minimum absolute atomic E-state index is 0.0964. The predicted octanol–water partition coefficient (Wildman–Crippen LogP) is 1.48. The zero-order valence-electron chi connectivity index (χ0n) is 13.7. The molecule has 126 valence electrons. The largest absolute Gasteiger partial charge is 0.459 e. The number of carbonyl (C=O) groups excluding carboxylic acids is 2. The Balaban J connectivity index is 1.68. The molecule has 1 aromatic heterocycles. The van der Waals surface area contributed by atoms with E-state index in [9.17, 15) is 9.59 Å². The van der Waals surface area contributed by atoms with Gasteiger partial charge in [-0.2, -0.15) is 0 Å². The van der Waals surface area contributed by atoms with Gasteiger partial charge in [-0.05, 0) is 51.3 Å². The summed E-state index contributed by atoms with van der Waals surface area (Å²) >= 11 is 0. The quantitative estimate of drug-likeness (QED) is 0.916. The van der Waals surface area contributed by atoms with Crippen molar-refractivity contribution in [2.75, 3.05) is 26.7 Å². The molecule has 6 nitrogen and oxygen atoms in total. The van der Waals surface area contributed by atoms with E-state index in [4.69, 9.17) is 4.42 Å². The van der Waals surface area contributed by atoms with Crippen molar-refractivity contribution >= 4 is 11.8 Å². The second-order valence-electron chi connectivity index (χ2n) is 6.38. The van der Waals surface area contributed by atoms with Gasteiger partial charge in [0.2, 0.25) is 5.91 Å². The number of nitrogens with one attached hydrogen (secondary N) is 1. The van der Waals surface area contributed by atoms with Gasteiger partial charge < -0.3 is 19.5 Å². The van der Waals surface area contributed by atoms with Crippen molar-refractivity contribution < 1.29 is 14.0 Å². The topological polar surface area (TPSA) is 65.8 Å². The highest BCUT2D eigenvalue weighted by Gasteiger charge is 2.36. The lowest BCUT2D eigenvalue weighted by atomic mass is 9.98. The maximum absolute atomic E-state index is 12.9. The Morgan fingerprint density at radius 1 is 1.17 bits per heavy atom. The Bertz CT molecular complexity index is 535. The van der Waals surface area contributed by atoms with Crippen LogP contribution in [-0.2, 0) is 4.79 Å². The van der Waals surface area contributed by atoms with E-state index in [0.717, 1.165) is 45.2 Å². The van der Waals surface area contributed by atoms with Gasteiger partial charge in [0, 0.05) is 25.7 Å². The third-order valence-corrected chi connectivity index (χ3v) is 5.00. The summed E-state index contributed by atoms with van der Waals surface area (Å²) < 4.78 is 5.23. The molecular weight excluding hydrogens is 294 g/mol. The summed E-state index contributed by atoms with van der Waals surface area (Å²) in [7, 11) is 1.97. The lowest BCUT2D eigenvalue weighted by Gasteiger charge is -2.39. The Morgan fingerprint density at radius 2 is 1.96 bits per heavy atom. The van der Waals surface area contributed by atoms with Crippen molar-refractivity contribution in [3.63, 3.8) is 0 Å². The minimum Gasteiger partial charge on any atom is -0.459 e. The Kier molecular flexibility index (Phi) is 5.00. The van der Waals surface area contributed by atoms with Crippen molar-refractivity contribution in [2.24, 2.45) is 0 Å². The number of carbonyl (C=O) groups is 2. The van der Waals surface area contributed by atoms with Gasteiger partial charge >= 0.3 is 0 Å². The molecule has 0 saturated carbocycles. The molecular formula is C17H25N3O3. The fourth-order valence-electron chi connectivity index (χ4n) is 3.57. The summed E-state index contributed by atoms with van der Waals surface area (Å²) in [6.45, 7) is 2.16. The maximum atomic E-state index is 12.9. The first-order chi connectivity index (χ1) is 11.2. The molecule has 0 aliphatic carbocycles. The lowest BCUT2D eigenvalue weighted by Crippen LogP contribution is -2.55. The molecule has 0 bridgehead atoms. The second kappa shape index (κ2) is 7.17. The van der Waals surface area contributed by atoms with E-state index >= 15 is 0 Å². The molecule has 1 unspecified atom stereocenters. The molecule has 3 heterocycles. The molecule has 0 aromatic carbocycles. The predicted molar refractivity (Wildman–Crippen MR) is 86.0 cm³/mol. The van der Waals surface area contributed by atoms with Gasteiger partial charge in [0.1, 0.15) is 6.04 Å². The second-order valence-corrected chi connectivity index (χ2v) is 6.38. The first-order valence-electron chi connectivity index (χ1n) is 8.51. The highest BCUT2D eigenvalue weighted by molar-refractivity contribution is 5.95. The molecule has 3 rings (SSSR count). The fraction of sp³-hybridized carbons (Fsp3) is 0.647. The first-order valence-corrected chi connectivity index (χ1v) is 8.51. The molecule has 2 aliphatic heterocycles. The normalized spacial score (nSPS) is 23.1. The van der Waals surface area contributed by atoms with E-state index in [0.29, 0.717) is 18.3 Å². The minimum atomic E-state index is -0.340. The molecule has 0 spiro atoms. The Hall–Kier alpha value is -1.82. The Morgan fingerprint density at radius 3 is 2.61 bits per heavy atom. The molecule has 1 aromatic rings. The van der Waals surface area contributed by atoms with Gasteiger partial charge in [-0.1, -0.05) is 0 Å². The van der Waals surface area contributed by atoms with Crippen LogP contribution in [0.15, 0.2) is 22.8 Å². The van der Waals surface area contributed by atoms with Crippen LogP contribution in [0.1, 0.15) is 42.7 Å². The third-order valence-electron chi connectivity index (χ3n) is 5.00. The fourth-order valence-corrected chi connectivity index (χ4v) is 3.57. The van der Waals surface area contributed by atoms with Crippen LogP contribution in [0.4, 0.5) is 0 Å². The lowest BCUT2D eigenvalue weighted by molar-refractivity contribution is -0.138. The van der Waals surface area contributed by atoms with Gasteiger partial charge in [0.05, 0.1) is 6.26 Å². The van der Waals surface area contributed by atoms with E-state index in [1.54, 1.807) is 17.0 Å². The number of piperidine rings is 2. The molecule has 2 aliphatic rings. The van der Waals surface area contributed by atoms with Crippen molar-refractivity contribution in [1.82, 2.24) is 15.1 Å². The van der Waals surface area contributed by atoms with Gasteiger partial charge in [-0.25, -0.2) is 0 Å². The third kappa shape index (κ3) is 3.42. The molecule has 23 heavy (non-hydrogen) atoms. The number of rotatable bonds is 3. The highest BCUT2D eigenvalue weighted by atomic mass is 16.3. The van der Waals surface area contributed by atoms with E-state index in [1.165, 1.54) is 6.26 Å². The van der Waals surface area contributed by atoms with Crippen molar-refractivity contribution in [1.29, 1.82) is 0 Å². The molecule has 2 fully saturated rings. The molecule has 2 saturated heterocycles. The first kappa shape index (κ1) is 16.1. The number of likely N-dealkylation sites (tertiary alicyclic amines) is 2. The van der Waals surface area contributed by atoms with E-state index < -0.39 is 0 Å². The smallest absolute Gasteiger partial charge is 0.290 e. The average Bonchev–Trinajstić information content (AvgIpc) is 3.15. The van der Waals surface area contributed by atoms with Crippen molar-refractivity contribution in [3.05, 3.63) is 24.2 Å². The van der Waals surface area contributed by atoms with Gasteiger partial charge in [0.15, 0.2) is 5.76 Å².